The molecule has 1 rings (SSSR count). The molecule has 0 bridgehead atoms. The van der Waals surface area contributed by atoms with Crippen LogP contribution in [0.2, 0.25) is 0 Å². The second kappa shape index (κ2) is 7.35. The third kappa shape index (κ3) is 4.64. The first-order valence-electron chi connectivity index (χ1n) is 6.04. The van der Waals surface area contributed by atoms with E-state index in [1.54, 1.807) is 24.3 Å². The van der Waals surface area contributed by atoms with Gasteiger partial charge in [0.1, 0.15) is 0 Å². The van der Waals surface area contributed by atoms with E-state index in [2.05, 4.69) is 10.0 Å². The quantitative estimate of drug-likeness (QED) is 0.621. The predicted octanol–water partition coefficient (Wildman–Crippen LogP) is 1.17. The largest absolute Gasteiger partial charge is 0.396 e. The van der Waals surface area contributed by atoms with Crippen LogP contribution in [-0.4, -0.2) is 33.2 Å². The molecule has 0 aliphatic carbocycles. The van der Waals surface area contributed by atoms with Gasteiger partial charge in [-0.05, 0) is 37.1 Å². The number of aliphatic hydroxyl groups excluding tert-OH is 1. The van der Waals surface area contributed by atoms with Crippen LogP contribution in [-0.2, 0) is 10.0 Å². The molecule has 0 radical (unpaired) electrons. The second-order valence-corrected chi connectivity index (χ2v) is 5.69. The molecule has 0 amide bonds. The average Bonchev–Trinajstić information content (AvgIpc) is 2.37. The Morgan fingerprint density at radius 1 is 1.17 bits per heavy atom. The smallest absolute Gasteiger partial charge is 0.240 e. The van der Waals surface area contributed by atoms with Crippen molar-refractivity contribution < 1.29 is 13.5 Å². The molecule has 1 aromatic rings. The summed E-state index contributed by atoms with van der Waals surface area (Å²) in [5.74, 6) is 0. The lowest BCUT2D eigenvalue weighted by Crippen LogP contribution is -2.24. The van der Waals surface area contributed by atoms with Gasteiger partial charge in [0.25, 0.3) is 0 Å². The molecule has 0 fully saturated rings. The van der Waals surface area contributed by atoms with Crippen molar-refractivity contribution in [2.45, 2.75) is 24.7 Å². The second-order valence-electron chi connectivity index (χ2n) is 3.93. The summed E-state index contributed by atoms with van der Waals surface area (Å²) in [4.78, 5) is 0.267. The Labute approximate surface area is 108 Å². The third-order valence-corrected chi connectivity index (χ3v) is 3.85. The SMILES string of the molecule is CCCNS(=O)(=O)c1ccc(NCCCO)cc1. The van der Waals surface area contributed by atoms with Crippen molar-refractivity contribution in [3.05, 3.63) is 24.3 Å². The Morgan fingerprint density at radius 3 is 2.39 bits per heavy atom. The van der Waals surface area contributed by atoms with Crippen molar-refractivity contribution in [3.63, 3.8) is 0 Å². The number of hydrogen-bond acceptors (Lipinski definition) is 4. The Bertz CT molecular complexity index is 443. The summed E-state index contributed by atoms with van der Waals surface area (Å²) >= 11 is 0. The van der Waals surface area contributed by atoms with Gasteiger partial charge in [0.05, 0.1) is 4.90 Å². The molecule has 6 heteroatoms. The highest BCUT2D eigenvalue weighted by molar-refractivity contribution is 7.89. The highest BCUT2D eigenvalue weighted by atomic mass is 32.2. The molecule has 0 saturated carbocycles. The maximum absolute atomic E-state index is 11.8. The van der Waals surface area contributed by atoms with Gasteiger partial charge in [-0.15, -0.1) is 0 Å². The molecule has 0 saturated heterocycles. The number of hydrogen-bond donors (Lipinski definition) is 3. The number of nitrogens with one attached hydrogen (secondary N) is 2. The van der Waals surface area contributed by atoms with Gasteiger partial charge in [0, 0.05) is 25.4 Å². The number of benzene rings is 1. The summed E-state index contributed by atoms with van der Waals surface area (Å²) in [5, 5.41) is 11.7. The van der Waals surface area contributed by atoms with Gasteiger partial charge < -0.3 is 10.4 Å². The van der Waals surface area contributed by atoms with Gasteiger partial charge in [-0.2, -0.15) is 0 Å². The highest BCUT2D eigenvalue weighted by Crippen LogP contribution is 2.13. The van der Waals surface area contributed by atoms with Crippen molar-refractivity contribution in [2.24, 2.45) is 0 Å². The minimum atomic E-state index is -3.38. The van der Waals surface area contributed by atoms with Crippen molar-refractivity contribution >= 4 is 15.7 Å². The van der Waals surface area contributed by atoms with E-state index >= 15 is 0 Å². The van der Waals surface area contributed by atoms with E-state index in [4.69, 9.17) is 5.11 Å². The minimum Gasteiger partial charge on any atom is -0.396 e. The van der Waals surface area contributed by atoms with E-state index in [0.717, 1.165) is 12.1 Å². The molecule has 0 atom stereocenters. The van der Waals surface area contributed by atoms with Crippen LogP contribution in [0.15, 0.2) is 29.2 Å². The summed E-state index contributed by atoms with van der Waals surface area (Å²) in [7, 11) is -3.38. The van der Waals surface area contributed by atoms with Crippen LogP contribution in [0.5, 0.6) is 0 Å². The molecule has 5 nitrogen and oxygen atoms in total. The number of rotatable bonds is 8. The van der Waals surface area contributed by atoms with Gasteiger partial charge in [-0.3, -0.25) is 0 Å². The van der Waals surface area contributed by atoms with Crippen LogP contribution in [0.25, 0.3) is 0 Å². The zero-order valence-electron chi connectivity index (χ0n) is 10.5. The van der Waals surface area contributed by atoms with Gasteiger partial charge >= 0.3 is 0 Å². The van der Waals surface area contributed by atoms with Gasteiger partial charge in [0.2, 0.25) is 10.0 Å². The molecular weight excluding hydrogens is 252 g/mol. The number of anilines is 1. The molecule has 3 N–H and O–H groups in total. The molecule has 0 spiro atoms. The molecule has 0 aliphatic rings. The maximum Gasteiger partial charge on any atom is 0.240 e. The lowest BCUT2D eigenvalue weighted by Gasteiger charge is -2.08. The van der Waals surface area contributed by atoms with Crippen LogP contribution in [0.3, 0.4) is 0 Å². The van der Waals surface area contributed by atoms with E-state index in [-0.39, 0.29) is 11.5 Å². The fourth-order valence-electron chi connectivity index (χ4n) is 1.38. The lowest BCUT2D eigenvalue weighted by molar-refractivity contribution is 0.292. The normalized spacial score (nSPS) is 11.4. The van der Waals surface area contributed by atoms with Gasteiger partial charge in [-0.25, -0.2) is 13.1 Å². The Kier molecular flexibility index (Phi) is 6.11. The number of sulfonamides is 1. The summed E-state index contributed by atoms with van der Waals surface area (Å²) in [5.41, 5.74) is 0.845. The van der Waals surface area contributed by atoms with E-state index in [9.17, 15) is 8.42 Å². The first-order valence-corrected chi connectivity index (χ1v) is 7.53. The summed E-state index contributed by atoms with van der Waals surface area (Å²) in [6.07, 6.45) is 1.43. The molecule has 18 heavy (non-hydrogen) atoms. The topological polar surface area (TPSA) is 78.4 Å². The van der Waals surface area contributed by atoms with E-state index < -0.39 is 10.0 Å². The molecule has 1 aromatic carbocycles. The predicted molar refractivity (Wildman–Crippen MR) is 72.1 cm³/mol. The van der Waals surface area contributed by atoms with Crippen LogP contribution in [0.1, 0.15) is 19.8 Å². The molecule has 0 aliphatic heterocycles. The minimum absolute atomic E-state index is 0.139. The monoisotopic (exact) mass is 272 g/mol. The zero-order valence-corrected chi connectivity index (χ0v) is 11.3. The molecule has 0 aromatic heterocycles. The summed E-state index contributed by atoms with van der Waals surface area (Å²) in [6.45, 7) is 3.16. The van der Waals surface area contributed by atoms with E-state index in [1.807, 2.05) is 6.92 Å². The number of aliphatic hydroxyl groups is 1. The van der Waals surface area contributed by atoms with Crippen LogP contribution >= 0.6 is 0 Å². The van der Waals surface area contributed by atoms with Crippen molar-refractivity contribution in [2.75, 3.05) is 25.0 Å². The summed E-state index contributed by atoms with van der Waals surface area (Å²) in [6, 6.07) is 6.58. The third-order valence-electron chi connectivity index (χ3n) is 2.37. The van der Waals surface area contributed by atoms with Crippen LogP contribution < -0.4 is 10.0 Å². The Hall–Kier alpha value is -1.11. The zero-order chi connectivity index (χ0) is 13.4. The average molecular weight is 272 g/mol. The van der Waals surface area contributed by atoms with Crippen molar-refractivity contribution in [3.8, 4) is 0 Å². The Balaban J connectivity index is 2.64. The van der Waals surface area contributed by atoms with Gasteiger partial charge in [0.15, 0.2) is 0 Å². The lowest BCUT2D eigenvalue weighted by atomic mass is 10.3. The highest BCUT2D eigenvalue weighted by Gasteiger charge is 2.12. The first kappa shape index (κ1) is 14.9. The molecular formula is C12H20N2O3S. The van der Waals surface area contributed by atoms with Crippen LogP contribution in [0.4, 0.5) is 5.69 Å². The van der Waals surface area contributed by atoms with Crippen molar-refractivity contribution in [1.29, 1.82) is 0 Å². The fraction of sp³-hybridized carbons (Fsp3) is 0.500. The van der Waals surface area contributed by atoms with E-state index in [1.165, 1.54) is 0 Å². The molecule has 0 heterocycles. The fourth-order valence-corrected chi connectivity index (χ4v) is 2.52. The molecule has 102 valence electrons. The van der Waals surface area contributed by atoms with Gasteiger partial charge in [-0.1, -0.05) is 6.92 Å². The standard InChI is InChI=1S/C12H20N2O3S/c1-2-8-14-18(16,17)12-6-4-11(5-7-12)13-9-3-10-15/h4-7,13-15H,2-3,8-10H2,1H3. The summed E-state index contributed by atoms with van der Waals surface area (Å²) < 4.78 is 26.1. The van der Waals surface area contributed by atoms with E-state index in [0.29, 0.717) is 19.5 Å². The maximum atomic E-state index is 11.8. The van der Waals surface area contributed by atoms with Crippen LogP contribution in [0, 0.1) is 0 Å². The first-order chi connectivity index (χ1) is 8.60. The Morgan fingerprint density at radius 2 is 1.83 bits per heavy atom. The van der Waals surface area contributed by atoms with Crippen molar-refractivity contribution in [1.82, 2.24) is 4.72 Å². The molecule has 0 unspecified atom stereocenters.